The second-order valence-electron chi connectivity index (χ2n) is 7.33. The first-order chi connectivity index (χ1) is 4.54. The van der Waals surface area contributed by atoms with E-state index >= 15 is 0 Å². The van der Waals surface area contributed by atoms with E-state index in [4.69, 9.17) is 0 Å². The van der Waals surface area contributed by atoms with Crippen LogP contribution < -0.4 is 0 Å². The Morgan fingerprint density at radius 3 is 1.55 bits per heavy atom. The summed E-state index contributed by atoms with van der Waals surface area (Å²) in [6, 6.07) is 0. The molecule has 66 valence electrons. The van der Waals surface area contributed by atoms with Crippen LogP contribution in [0.5, 0.6) is 0 Å². The Balaban J connectivity index is 4.63. The van der Waals surface area contributed by atoms with Gasteiger partial charge >= 0.3 is 69.7 Å². The van der Waals surface area contributed by atoms with Crippen LogP contribution in [-0.2, 0) is 14.0 Å². The van der Waals surface area contributed by atoms with Crippen molar-refractivity contribution in [3.8, 4) is 0 Å². The number of hydrogen-bond donors (Lipinski definition) is 0. The maximum atomic E-state index is 2.42. The van der Waals surface area contributed by atoms with E-state index in [0.717, 1.165) is 0 Å². The van der Waals surface area contributed by atoms with Crippen molar-refractivity contribution in [3.63, 3.8) is 0 Å². The van der Waals surface area contributed by atoms with Gasteiger partial charge in [-0.2, -0.15) is 0 Å². The van der Waals surface area contributed by atoms with E-state index in [1.54, 1.807) is 0 Å². The van der Waals surface area contributed by atoms with E-state index in [1.165, 1.54) is 0 Å². The Hall–Kier alpha value is 0.194. The monoisotopic (exact) mass is 190 g/mol. The average Bonchev–Trinajstić information content (AvgIpc) is 1.59. The third-order valence-electron chi connectivity index (χ3n) is 1.23. The van der Waals surface area contributed by atoms with Gasteiger partial charge in [-0.05, 0) is 0 Å². The molecule has 0 fully saturated rings. The standard InChI is InChI=1S/C5H7.5CH3.Ti/c1-3-5-4-2;;;;;;/h1,3-5H,2H3;5*1H3;. The van der Waals surface area contributed by atoms with Crippen molar-refractivity contribution in [1.82, 2.24) is 0 Å². The van der Waals surface area contributed by atoms with Gasteiger partial charge in [-0.15, -0.1) is 0 Å². The molecular formula is C10H22Ti. The minimum atomic E-state index is -2.57. The van der Waals surface area contributed by atoms with Crippen molar-refractivity contribution in [1.29, 1.82) is 0 Å². The molecule has 0 N–H and O–H groups in total. The minimum absolute atomic E-state index is 2.05. The molecular weight excluding hydrogens is 168 g/mol. The van der Waals surface area contributed by atoms with Crippen molar-refractivity contribution in [2.75, 3.05) is 0 Å². The third-order valence-corrected chi connectivity index (χ3v) is 4.14. The first-order valence-electron chi connectivity index (χ1n) is 4.37. The third kappa shape index (κ3) is 10.2. The van der Waals surface area contributed by atoms with Gasteiger partial charge in [0, 0.05) is 0 Å². The SMILES string of the molecule is CC=CC=[CH][Ti]([CH3])([CH3])([CH3])([CH3])[CH3]. The molecule has 0 aliphatic heterocycles. The summed E-state index contributed by atoms with van der Waals surface area (Å²) in [4.78, 5) is 0. The molecule has 0 atom stereocenters. The molecule has 0 bridgehead atoms. The van der Waals surface area contributed by atoms with Crippen molar-refractivity contribution in [2.45, 2.75) is 33.1 Å². The zero-order valence-electron chi connectivity index (χ0n) is 8.81. The molecule has 0 saturated heterocycles. The van der Waals surface area contributed by atoms with E-state index in [2.05, 4.69) is 48.8 Å². The van der Waals surface area contributed by atoms with E-state index in [0.29, 0.717) is 0 Å². The quantitative estimate of drug-likeness (QED) is 0.443. The summed E-state index contributed by atoms with van der Waals surface area (Å²) in [5.41, 5.74) is 0. The predicted molar refractivity (Wildman–Crippen MR) is 53.3 cm³/mol. The van der Waals surface area contributed by atoms with Crippen molar-refractivity contribution >= 4 is 0 Å². The normalized spacial score (nSPS) is 20.5. The molecule has 0 amide bonds. The van der Waals surface area contributed by atoms with Gasteiger partial charge in [0.15, 0.2) is 0 Å². The molecule has 0 aromatic rings. The maximum absolute atomic E-state index is 2.57. The van der Waals surface area contributed by atoms with Gasteiger partial charge in [0.25, 0.3) is 0 Å². The molecule has 0 aromatic carbocycles. The zero-order valence-corrected chi connectivity index (χ0v) is 10.4. The van der Waals surface area contributed by atoms with Crippen LogP contribution >= 0.6 is 0 Å². The van der Waals surface area contributed by atoms with Gasteiger partial charge in [-0.25, -0.2) is 0 Å². The number of rotatable bonds is 2. The van der Waals surface area contributed by atoms with Gasteiger partial charge in [-0.1, -0.05) is 0 Å². The molecule has 0 unspecified atom stereocenters. The zero-order chi connectivity index (χ0) is 9.24. The van der Waals surface area contributed by atoms with Gasteiger partial charge in [0.2, 0.25) is 0 Å². The van der Waals surface area contributed by atoms with E-state index in [9.17, 15) is 0 Å². The fourth-order valence-corrected chi connectivity index (χ4v) is 2.32. The van der Waals surface area contributed by atoms with Crippen LogP contribution in [-0.4, -0.2) is 0 Å². The summed E-state index contributed by atoms with van der Waals surface area (Å²) in [7, 11) is 0. The van der Waals surface area contributed by atoms with E-state index in [-0.39, 0.29) is 0 Å². The molecule has 0 radical (unpaired) electrons. The van der Waals surface area contributed by atoms with E-state index in [1.807, 2.05) is 6.92 Å². The number of hydrogen-bond acceptors (Lipinski definition) is 0. The van der Waals surface area contributed by atoms with Gasteiger partial charge in [0.1, 0.15) is 0 Å². The van der Waals surface area contributed by atoms with Crippen LogP contribution in [0.2, 0.25) is 26.1 Å². The Labute approximate surface area is 69.8 Å². The molecule has 0 aliphatic rings. The molecule has 0 aromatic heterocycles. The first-order valence-corrected chi connectivity index (χ1v) is 13.1. The second-order valence-corrected chi connectivity index (χ2v) is 28.0. The molecule has 0 rings (SSSR count). The summed E-state index contributed by atoms with van der Waals surface area (Å²) in [5.74, 6) is 0. The van der Waals surface area contributed by atoms with Gasteiger partial charge in [-0.3, -0.25) is 0 Å². The Kier molecular flexibility index (Phi) is 2.38. The molecule has 11 heavy (non-hydrogen) atoms. The van der Waals surface area contributed by atoms with Crippen LogP contribution in [0.15, 0.2) is 22.6 Å². The topological polar surface area (TPSA) is 0 Å². The van der Waals surface area contributed by atoms with Crippen molar-refractivity contribution < 1.29 is 14.0 Å². The van der Waals surface area contributed by atoms with Crippen LogP contribution in [0, 0.1) is 0 Å². The molecule has 0 spiro atoms. The van der Waals surface area contributed by atoms with E-state index < -0.39 is 14.0 Å². The molecule has 1 heteroatoms. The second kappa shape index (κ2) is 2.34. The Bertz CT molecular complexity index is 184. The molecule has 0 aliphatic carbocycles. The summed E-state index contributed by atoms with van der Waals surface area (Å²) in [5, 5.41) is 12.1. The fraction of sp³-hybridized carbons (Fsp3) is 0.600. The average molecular weight is 190 g/mol. The van der Waals surface area contributed by atoms with Crippen LogP contribution in [0.25, 0.3) is 0 Å². The summed E-state index contributed by atoms with van der Waals surface area (Å²) < 4.78 is 2.42. The van der Waals surface area contributed by atoms with Crippen molar-refractivity contribution in [2.24, 2.45) is 0 Å². The van der Waals surface area contributed by atoms with Gasteiger partial charge < -0.3 is 0 Å². The van der Waals surface area contributed by atoms with Gasteiger partial charge in [0.05, 0.1) is 0 Å². The van der Waals surface area contributed by atoms with Crippen LogP contribution in [0.3, 0.4) is 0 Å². The first kappa shape index (κ1) is 11.2. The Morgan fingerprint density at radius 1 is 0.818 bits per heavy atom. The summed E-state index contributed by atoms with van der Waals surface area (Å²) >= 11 is -2.57. The molecule has 0 heterocycles. The fourth-order valence-electron chi connectivity index (χ4n) is 0.648. The molecule has 0 saturated carbocycles. The van der Waals surface area contributed by atoms with Crippen LogP contribution in [0.1, 0.15) is 6.92 Å². The Morgan fingerprint density at radius 2 is 1.27 bits per heavy atom. The number of allylic oxidation sites excluding steroid dienone is 3. The summed E-state index contributed by atoms with van der Waals surface area (Å²) in [6.07, 6.45) is 6.36. The molecule has 0 nitrogen and oxygen atoms in total. The predicted octanol–water partition coefficient (Wildman–Crippen LogP) is 4.54. The summed E-state index contributed by atoms with van der Waals surface area (Å²) in [6.45, 7) is 2.05. The van der Waals surface area contributed by atoms with Crippen LogP contribution in [0.4, 0.5) is 0 Å². The van der Waals surface area contributed by atoms with Crippen molar-refractivity contribution in [3.05, 3.63) is 22.6 Å².